The van der Waals surface area contributed by atoms with E-state index in [-0.39, 0.29) is 11.7 Å². The van der Waals surface area contributed by atoms with Crippen LogP contribution < -0.4 is 10.2 Å². The van der Waals surface area contributed by atoms with Gasteiger partial charge in [-0.05, 0) is 48.5 Å². The van der Waals surface area contributed by atoms with Crippen LogP contribution in [0.2, 0.25) is 0 Å². The van der Waals surface area contributed by atoms with Gasteiger partial charge in [0.15, 0.2) is 0 Å². The average molecular weight is 377 g/mol. The fourth-order valence-electron chi connectivity index (χ4n) is 3.14. The highest BCUT2D eigenvalue weighted by atomic mass is 19.1. The van der Waals surface area contributed by atoms with Gasteiger partial charge in [0.25, 0.3) is 5.91 Å². The van der Waals surface area contributed by atoms with Crippen LogP contribution in [0.25, 0.3) is 0 Å². The van der Waals surface area contributed by atoms with Gasteiger partial charge in [-0.15, -0.1) is 0 Å². The number of carbonyl (C=O) groups is 1. The summed E-state index contributed by atoms with van der Waals surface area (Å²) in [4.78, 5) is 25.4. The third-order valence-corrected chi connectivity index (χ3v) is 4.67. The second-order valence-corrected chi connectivity index (χ2v) is 6.53. The number of benzene rings is 1. The first-order valence-electron chi connectivity index (χ1n) is 9.13. The molecule has 1 saturated heterocycles. The largest absolute Gasteiger partial charge is 0.353 e. The molecule has 0 atom stereocenters. The monoisotopic (exact) mass is 377 g/mol. The maximum absolute atomic E-state index is 13.0. The first-order chi connectivity index (χ1) is 13.7. The van der Waals surface area contributed by atoms with Crippen LogP contribution in [0.4, 0.5) is 21.7 Å². The third kappa shape index (κ3) is 4.09. The Morgan fingerprint density at radius 3 is 2.36 bits per heavy atom. The highest BCUT2D eigenvalue weighted by Gasteiger charge is 2.22. The second kappa shape index (κ2) is 8.04. The fourth-order valence-corrected chi connectivity index (χ4v) is 3.14. The van der Waals surface area contributed by atoms with Gasteiger partial charge in [-0.1, -0.05) is 6.07 Å². The molecule has 2 aromatic heterocycles. The predicted octanol–water partition coefficient (Wildman–Crippen LogP) is 3.32. The Hall–Kier alpha value is -3.48. The zero-order valence-electron chi connectivity index (χ0n) is 15.3. The standard InChI is InChI=1S/C21H20FN5O/c22-17-5-7-18(8-6-17)25-19-9-4-16(15-24-19)21(28)27-13-11-26(12-14-27)20-3-1-2-10-23-20/h1-10,15H,11-14H2,(H,24,25). The van der Waals surface area contributed by atoms with Gasteiger partial charge in [0.1, 0.15) is 17.5 Å². The van der Waals surface area contributed by atoms with Crippen molar-refractivity contribution in [1.82, 2.24) is 14.9 Å². The van der Waals surface area contributed by atoms with Gasteiger partial charge in [-0.2, -0.15) is 0 Å². The molecule has 0 saturated carbocycles. The molecule has 1 aromatic carbocycles. The molecule has 0 aliphatic carbocycles. The molecule has 3 heterocycles. The topological polar surface area (TPSA) is 61.4 Å². The van der Waals surface area contributed by atoms with Crippen LogP contribution in [0.15, 0.2) is 67.0 Å². The summed E-state index contributed by atoms with van der Waals surface area (Å²) in [6.07, 6.45) is 3.35. The maximum atomic E-state index is 13.0. The first kappa shape index (κ1) is 17.9. The summed E-state index contributed by atoms with van der Waals surface area (Å²) in [6.45, 7) is 2.79. The quantitative estimate of drug-likeness (QED) is 0.756. The molecule has 6 nitrogen and oxygen atoms in total. The number of carbonyl (C=O) groups excluding carboxylic acids is 1. The summed E-state index contributed by atoms with van der Waals surface area (Å²) in [5.74, 6) is 1.22. The van der Waals surface area contributed by atoms with Gasteiger partial charge in [0.05, 0.1) is 5.56 Å². The highest BCUT2D eigenvalue weighted by Crippen LogP contribution is 2.17. The molecule has 1 fully saturated rings. The van der Waals surface area contributed by atoms with Crippen molar-refractivity contribution in [3.8, 4) is 0 Å². The number of rotatable bonds is 4. The summed E-state index contributed by atoms with van der Waals surface area (Å²) in [5, 5.41) is 3.08. The van der Waals surface area contributed by atoms with E-state index in [4.69, 9.17) is 0 Å². The van der Waals surface area contributed by atoms with Gasteiger partial charge in [-0.25, -0.2) is 14.4 Å². The van der Waals surface area contributed by atoms with E-state index in [0.717, 1.165) is 24.6 Å². The van der Waals surface area contributed by atoms with Gasteiger partial charge < -0.3 is 15.1 Å². The van der Waals surface area contributed by atoms with E-state index < -0.39 is 0 Å². The second-order valence-electron chi connectivity index (χ2n) is 6.53. The summed E-state index contributed by atoms with van der Waals surface area (Å²) in [7, 11) is 0. The maximum Gasteiger partial charge on any atom is 0.255 e. The Balaban J connectivity index is 1.35. The van der Waals surface area contributed by atoms with Crippen molar-refractivity contribution in [1.29, 1.82) is 0 Å². The van der Waals surface area contributed by atoms with E-state index in [9.17, 15) is 9.18 Å². The van der Waals surface area contributed by atoms with Crippen LogP contribution in [0.3, 0.4) is 0 Å². The molecule has 1 amide bonds. The number of aromatic nitrogens is 2. The van der Waals surface area contributed by atoms with Gasteiger partial charge in [-0.3, -0.25) is 4.79 Å². The third-order valence-electron chi connectivity index (χ3n) is 4.67. The summed E-state index contributed by atoms with van der Waals surface area (Å²) < 4.78 is 13.0. The number of amides is 1. The van der Waals surface area contributed by atoms with Crippen molar-refractivity contribution in [2.75, 3.05) is 36.4 Å². The normalized spacial score (nSPS) is 14.0. The van der Waals surface area contributed by atoms with Crippen LogP contribution in [-0.2, 0) is 0 Å². The fraction of sp³-hybridized carbons (Fsp3) is 0.190. The molecule has 0 radical (unpaired) electrons. The van der Waals surface area contributed by atoms with Crippen molar-refractivity contribution < 1.29 is 9.18 Å². The summed E-state index contributed by atoms with van der Waals surface area (Å²) in [6, 6.07) is 15.4. The van der Waals surface area contributed by atoms with E-state index in [2.05, 4.69) is 20.2 Å². The Kier molecular flexibility index (Phi) is 5.14. The number of nitrogens with one attached hydrogen (secondary N) is 1. The Labute approximate surface area is 162 Å². The van der Waals surface area contributed by atoms with Crippen molar-refractivity contribution in [3.05, 3.63) is 78.4 Å². The molecule has 142 valence electrons. The number of hydrogen-bond donors (Lipinski definition) is 1. The molecule has 1 aliphatic heterocycles. The van der Waals surface area contributed by atoms with Gasteiger partial charge in [0, 0.05) is 44.3 Å². The summed E-state index contributed by atoms with van der Waals surface area (Å²) in [5.41, 5.74) is 1.29. The number of piperazine rings is 1. The molecular formula is C21H20FN5O. The molecule has 0 spiro atoms. The van der Waals surface area contributed by atoms with Gasteiger partial charge in [0.2, 0.25) is 0 Å². The Morgan fingerprint density at radius 2 is 1.71 bits per heavy atom. The Bertz CT molecular complexity index is 923. The minimum Gasteiger partial charge on any atom is -0.353 e. The molecule has 1 aliphatic rings. The number of anilines is 3. The Morgan fingerprint density at radius 1 is 0.929 bits per heavy atom. The van der Waals surface area contributed by atoms with Crippen molar-refractivity contribution >= 4 is 23.2 Å². The zero-order chi connectivity index (χ0) is 19.3. The van der Waals surface area contributed by atoms with Crippen LogP contribution >= 0.6 is 0 Å². The van der Waals surface area contributed by atoms with E-state index in [1.807, 2.05) is 23.1 Å². The molecule has 4 rings (SSSR count). The van der Waals surface area contributed by atoms with E-state index in [1.54, 1.807) is 36.7 Å². The zero-order valence-corrected chi connectivity index (χ0v) is 15.3. The lowest BCUT2D eigenvalue weighted by Crippen LogP contribution is -2.49. The molecule has 1 N–H and O–H groups in total. The molecule has 0 unspecified atom stereocenters. The lowest BCUT2D eigenvalue weighted by molar-refractivity contribution is 0.0746. The highest BCUT2D eigenvalue weighted by molar-refractivity contribution is 5.94. The van der Waals surface area contributed by atoms with E-state index in [0.29, 0.717) is 24.5 Å². The number of pyridine rings is 2. The molecule has 0 bridgehead atoms. The SMILES string of the molecule is O=C(c1ccc(Nc2ccc(F)cc2)nc1)N1CCN(c2ccccn2)CC1. The van der Waals surface area contributed by atoms with Crippen molar-refractivity contribution in [3.63, 3.8) is 0 Å². The van der Waals surface area contributed by atoms with Crippen LogP contribution in [0, 0.1) is 5.82 Å². The lowest BCUT2D eigenvalue weighted by Gasteiger charge is -2.35. The average Bonchev–Trinajstić information content (AvgIpc) is 2.76. The molecular weight excluding hydrogens is 357 g/mol. The van der Waals surface area contributed by atoms with E-state index >= 15 is 0 Å². The lowest BCUT2D eigenvalue weighted by atomic mass is 10.2. The van der Waals surface area contributed by atoms with Crippen LogP contribution in [-0.4, -0.2) is 47.0 Å². The van der Waals surface area contributed by atoms with E-state index in [1.165, 1.54) is 12.1 Å². The summed E-state index contributed by atoms with van der Waals surface area (Å²) >= 11 is 0. The van der Waals surface area contributed by atoms with Crippen LogP contribution in [0.1, 0.15) is 10.4 Å². The molecule has 7 heteroatoms. The van der Waals surface area contributed by atoms with Gasteiger partial charge >= 0.3 is 0 Å². The minimum atomic E-state index is -0.289. The number of nitrogens with zero attached hydrogens (tertiary/aromatic N) is 4. The number of hydrogen-bond acceptors (Lipinski definition) is 5. The smallest absolute Gasteiger partial charge is 0.255 e. The predicted molar refractivity (Wildman–Crippen MR) is 106 cm³/mol. The van der Waals surface area contributed by atoms with Crippen molar-refractivity contribution in [2.24, 2.45) is 0 Å². The molecule has 28 heavy (non-hydrogen) atoms. The van der Waals surface area contributed by atoms with Crippen LogP contribution in [0.5, 0.6) is 0 Å². The molecule has 3 aromatic rings. The van der Waals surface area contributed by atoms with Crippen molar-refractivity contribution in [2.45, 2.75) is 0 Å². The number of halogens is 1. The first-order valence-corrected chi connectivity index (χ1v) is 9.13. The minimum absolute atomic E-state index is 0.0264.